The summed E-state index contributed by atoms with van der Waals surface area (Å²) >= 11 is 0. The van der Waals surface area contributed by atoms with E-state index in [1.165, 1.54) is 7.11 Å². The molecule has 0 atom stereocenters. The highest BCUT2D eigenvalue weighted by molar-refractivity contribution is 6.07. The van der Waals surface area contributed by atoms with Gasteiger partial charge in [0.2, 0.25) is 0 Å². The number of piperazine rings is 1. The van der Waals surface area contributed by atoms with Crippen molar-refractivity contribution in [3.8, 4) is 0 Å². The van der Waals surface area contributed by atoms with E-state index >= 15 is 0 Å². The highest BCUT2D eigenvalue weighted by Gasteiger charge is 2.19. The molecule has 0 saturated carbocycles. The fraction of sp³-hybridized carbons (Fsp3) is 0.350. The van der Waals surface area contributed by atoms with Gasteiger partial charge in [0.05, 0.1) is 18.4 Å². The Bertz CT molecular complexity index is 816. The lowest BCUT2D eigenvalue weighted by Gasteiger charge is -2.35. The predicted molar refractivity (Wildman–Crippen MR) is 104 cm³/mol. The first-order valence-corrected chi connectivity index (χ1v) is 9.04. The summed E-state index contributed by atoms with van der Waals surface area (Å²) in [6.45, 7) is 7.07. The number of rotatable bonds is 5. The van der Waals surface area contributed by atoms with Crippen LogP contribution < -0.4 is 10.2 Å². The molecule has 7 heteroatoms. The van der Waals surface area contributed by atoms with E-state index in [-0.39, 0.29) is 5.91 Å². The Morgan fingerprint density at radius 1 is 1.15 bits per heavy atom. The summed E-state index contributed by atoms with van der Waals surface area (Å²) in [5.41, 5.74) is 2.00. The van der Waals surface area contributed by atoms with Crippen LogP contribution in [0.1, 0.15) is 27.8 Å². The van der Waals surface area contributed by atoms with Crippen molar-refractivity contribution in [3.63, 3.8) is 0 Å². The summed E-state index contributed by atoms with van der Waals surface area (Å²) in [4.78, 5) is 33.4. The highest BCUT2D eigenvalue weighted by atomic mass is 16.5. The van der Waals surface area contributed by atoms with Gasteiger partial charge in [0.25, 0.3) is 5.91 Å². The number of methoxy groups -OCH3 is 1. The number of anilines is 2. The molecule has 0 bridgehead atoms. The number of hydrogen-bond acceptors (Lipinski definition) is 6. The van der Waals surface area contributed by atoms with Gasteiger partial charge in [-0.15, -0.1) is 0 Å². The minimum absolute atomic E-state index is 0.306. The maximum atomic E-state index is 12.7. The fourth-order valence-electron chi connectivity index (χ4n) is 3.13. The van der Waals surface area contributed by atoms with Crippen LogP contribution >= 0.6 is 0 Å². The third kappa shape index (κ3) is 4.43. The lowest BCUT2D eigenvalue weighted by atomic mass is 10.1. The van der Waals surface area contributed by atoms with E-state index in [2.05, 4.69) is 27.0 Å². The average Bonchev–Trinajstić information content (AvgIpc) is 2.73. The number of aromatic nitrogens is 1. The molecule has 0 spiro atoms. The molecule has 142 valence electrons. The average molecular weight is 368 g/mol. The van der Waals surface area contributed by atoms with Gasteiger partial charge < -0.3 is 19.9 Å². The molecule has 0 unspecified atom stereocenters. The number of carbonyl (C=O) groups excluding carboxylic acids is 2. The highest BCUT2D eigenvalue weighted by Crippen LogP contribution is 2.20. The van der Waals surface area contributed by atoms with Crippen LogP contribution in [0.3, 0.4) is 0 Å². The van der Waals surface area contributed by atoms with Crippen molar-refractivity contribution in [2.45, 2.75) is 6.92 Å². The summed E-state index contributed by atoms with van der Waals surface area (Å²) in [5.74, 6) is -0.859. The van der Waals surface area contributed by atoms with E-state index in [1.807, 2.05) is 6.07 Å². The first kappa shape index (κ1) is 18.8. The second-order valence-corrected chi connectivity index (χ2v) is 6.31. The van der Waals surface area contributed by atoms with Crippen LogP contribution in [0.5, 0.6) is 0 Å². The Labute approximate surface area is 158 Å². The maximum absolute atomic E-state index is 12.7. The van der Waals surface area contributed by atoms with Crippen LogP contribution in [0.25, 0.3) is 0 Å². The molecule has 1 aromatic carbocycles. The molecule has 1 aliphatic rings. The summed E-state index contributed by atoms with van der Waals surface area (Å²) in [6.07, 6.45) is 1.64. The third-order valence-electron chi connectivity index (χ3n) is 4.74. The van der Waals surface area contributed by atoms with E-state index in [0.29, 0.717) is 16.9 Å². The minimum Gasteiger partial charge on any atom is -0.465 e. The molecule has 7 nitrogen and oxygen atoms in total. The second-order valence-electron chi connectivity index (χ2n) is 6.31. The normalized spacial score (nSPS) is 14.7. The number of carbonyl (C=O) groups is 2. The van der Waals surface area contributed by atoms with Gasteiger partial charge in [-0.2, -0.15) is 0 Å². The SMILES string of the molecule is CCN1CCN(c2ccnc(C(=O)Nc3ccccc3C(=O)OC)c2)CC1. The maximum Gasteiger partial charge on any atom is 0.339 e. The first-order valence-electron chi connectivity index (χ1n) is 9.04. The van der Waals surface area contributed by atoms with E-state index < -0.39 is 5.97 Å². The number of amides is 1. The van der Waals surface area contributed by atoms with Crippen molar-refractivity contribution in [2.24, 2.45) is 0 Å². The summed E-state index contributed by atoms with van der Waals surface area (Å²) in [5, 5.41) is 2.76. The van der Waals surface area contributed by atoms with Gasteiger partial charge >= 0.3 is 5.97 Å². The van der Waals surface area contributed by atoms with Crippen molar-refractivity contribution in [3.05, 3.63) is 53.9 Å². The standard InChI is InChI=1S/C20H24N4O3/c1-3-23-10-12-24(13-11-23)15-8-9-21-18(14-15)19(25)22-17-7-5-4-6-16(17)20(26)27-2/h4-9,14H,3,10-13H2,1-2H3,(H,22,25). The predicted octanol–water partition coefficient (Wildman–Crippen LogP) is 2.26. The topological polar surface area (TPSA) is 74.8 Å². The number of hydrogen-bond donors (Lipinski definition) is 1. The molecular formula is C20H24N4O3. The van der Waals surface area contributed by atoms with Gasteiger partial charge in [0, 0.05) is 38.1 Å². The van der Waals surface area contributed by atoms with Gasteiger partial charge in [-0.25, -0.2) is 4.79 Å². The molecular weight excluding hydrogens is 344 g/mol. The van der Waals surface area contributed by atoms with Crippen LogP contribution in [0, 0.1) is 0 Å². The van der Waals surface area contributed by atoms with Crippen LogP contribution in [0.4, 0.5) is 11.4 Å². The molecule has 0 radical (unpaired) electrons. The number of nitrogens with zero attached hydrogens (tertiary/aromatic N) is 3. The molecule has 27 heavy (non-hydrogen) atoms. The van der Waals surface area contributed by atoms with E-state index in [9.17, 15) is 9.59 Å². The monoisotopic (exact) mass is 368 g/mol. The molecule has 1 aliphatic heterocycles. The Hall–Kier alpha value is -2.93. The van der Waals surface area contributed by atoms with Crippen molar-refractivity contribution in [1.82, 2.24) is 9.88 Å². The van der Waals surface area contributed by atoms with Gasteiger partial charge in [-0.1, -0.05) is 19.1 Å². The number of para-hydroxylation sites is 1. The lowest BCUT2D eigenvalue weighted by Crippen LogP contribution is -2.46. The fourth-order valence-corrected chi connectivity index (χ4v) is 3.13. The summed E-state index contributed by atoms with van der Waals surface area (Å²) in [7, 11) is 1.31. The Morgan fingerprint density at radius 2 is 1.89 bits per heavy atom. The number of nitrogens with one attached hydrogen (secondary N) is 1. The number of esters is 1. The zero-order valence-corrected chi connectivity index (χ0v) is 15.6. The van der Waals surface area contributed by atoms with Crippen molar-refractivity contribution in [1.29, 1.82) is 0 Å². The largest absolute Gasteiger partial charge is 0.465 e. The van der Waals surface area contributed by atoms with E-state index in [1.54, 1.807) is 36.5 Å². The van der Waals surface area contributed by atoms with Crippen LogP contribution in [0.15, 0.2) is 42.6 Å². The first-order chi connectivity index (χ1) is 13.1. The van der Waals surface area contributed by atoms with Crippen LogP contribution in [-0.2, 0) is 4.74 Å². The summed E-state index contributed by atoms with van der Waals surface area (Å²) < 4.78 is 4.76. The molecule has 1 fully saturated rings. The molecule has 3 rings (SSSR count). The number of benzene rings is 1. The van der Waals surface area contributed by atoms with Crippen molar-refractivity contribution in [2.75, 3.05) is 50.1 Å². The molecule has 2 aromatic rings. The van der Waals surface area contributed by atoms with Crippen molar-refractivity contribution >= 4 is 23.3 Å². The number of pyridine rings is 1. The quantitative estimate of drug-likeness (QED) is 0.816. The molecule has 1 N–H and O–H groups in total. The van der Waals surface area contributed by atoms with E-state index in [0.717, 1.165) is 38.4 Å². The van der Waals surface area contributed by atoms with Gasteiger partial charge in [0.15, 0.2) is 0 Å². The smallest absolute Gasteiger partial charge is 0.339 e. The Balaban J connectivity index is 1.74. The van der Waals surface area contributed by atoms with E-state index in [4.69, 9.17) is 4.74 Å². The third-order valence-corrected chi connectivity index (χ3v) is 4.74. The summed E-state index contributed by atoms with van der Waals surface area (Å²) in [6, 6.07) is 10.4. The second kappa shape index (κ2) is 8.64. The molecule has 1 saturated heterocycles. The van der Waals surface area contributed by atoms with Crippen molar-refractivity contribution < 1.29 is 14.3 Å². The number of ether oxygens (including phenoxy) is 1. The molecule has 2 heterocycles. The number of likely N-dealkylation sites (N-methyl/N-ethyl adjacent to an activating group) is 1. The van der Waals surface area contributed by atoms with Gasteiger partial charge in [-0.3, -0.25) is 9.78 Å². The molecule has 0 aliphatic carbocycles. The van der Waals surface area contributed by atoms with Crippen LogP contribution in [-0.4, -0.2) is 61.6 Å². The zero-order chi connectivity index (χ0) is 19.2. The van der Waals surface area contributed by atoms with Crippen LogP contribution in [0.2, 0.25) is 0 Å². The Kier molecular flexibility index (Phi) is 6.03. The van der Waals surface area contributed by atoms with Gasteiger partial charge in [-0.05, 0) is 30.8 Å². The molecule has 1 aromatic heterocycles. The zero-order valence-electron chi connectivity index (χ0n) is 15.6. The Morgan fingerprint density at radius 3 is 2.59 bits per heavy atom. The van der Waals surface area contributed by atoms with Gasteiger partial charge in [0.1, 0.15) is 5.69 Å². The minimum atomic E-state index is -0.499. The molecule has 1 amide bonds. The lowest BCUT2D eigenvalue weighted by molar-refractivity contribution is 0.0602.